The SMILES string of the molecule is O/N=C1/c2ccccc2-c2c1cccc2-c1nc2ccncc2[nH]1. The highest BCUT2D eigenvalue weighted by molar-refractivity contribution is 6.26. The van der Waals surface area contributed by atoms with E-state index in [2.05, 4.69) is 20.1 Å². The van der Waals surface area contributed by atoms with Crippen molar-refractivity contribution in [2.75, 3.05) is 0 Å². The molecule has 0 aliphatic heterocycles. The van der Waals surface area contributed by atoms with Crippen molar-refractivity contribution in [1.29, 1.82) is 0 Å². The topological polar surface area (TPSA) is 74.2 Å². The second kappa shape index (κ2) is 4.76. The fourth-order valence-corrected chi connectivity index (χ4v) is 3.38. The molecule has 2 aromatic heterocycles. The molecule has 2 heterocycles. The van der Waals surface area contributed by atoms with Crippen LogP contribution in [-0.4, -0.2) is 25.9 Å². The molecule has 0 bridgehead atoms. The van der Waals surface area contributed by atoms with Crippen LogP contribution in [0.25, 0.3) is 33.5 Å². The van der Waals surface area contributed by atoms with E-state index in [0.717, 1.165) is 44.7 Å². The van der Waals surface area contributed by atoms with Gasteiger partial charge >= 0.3 is 0 Å². The van der Waals surface area contributed by atoms with E-state index >= 15 is 0 Å². The molecule has 114 valence electrons. The summed E-state index contributed by atoms with van der Waals surface area (Å²) in [6.07, 6.45) is 3.50. The average Bonchev–Trinajstić information content (AvgIpc) is 3.20. The van der Waals surface area contributed by atoms with Crippen molar-refractivity contribution in [3.63, 3.8) is 0 Å². The third-order valence-electron chi connectivity index (χ3n) is 4.41. The third kappa shape index (κ3) is 1.66. The van der Waals surface area contributed by atoms with Crippen molar-refractivity contribution in [2.45, 2.75) is 0 Å². The summed E-state index contributed by atoms with van der Waals surface area (Å²) >= 11 is 0. The van der Waals surface area contributed by atoms with Crippen LogP contribution in [-0.2, 0) is 0 Å². The van der Waals surface area contributed by atoms with Crippen molar-refractivity contribution in [1.82, 2.24) is 15.0 Å². The van der Waals surface area contributed by atoms with Crippen molar-refractivity contribution in [3.8, 4) is 22.5 Å². The molecule has 0 unspecified atom stereocenters. The summed E-state index contributed by atoms with van der Waals surface area (Å²) in [6, 6.07) is 15.8. The van der Waals surface area contributed by atoms with Crippen LogP contribution in [0.15, 0.2) is 66.1 Å². The quantitative estimate of drug-likeness (QED) is 0.365. The molecule has 5 rings (SSSR count). The maximum Gasteiger partial charge on any atom is 0.139 e. The van der Waals surface area contributed by atoms with Crippen molar-refractivity contribution in [2.24, 2.45) is 5.16 Å². The first-order valence-corrected chi connectivity index (χ1v) is 7.62. The molecule has 2 aromatic carbocycles. The van der Waals surface area contributed by atoms with Gasteiger partial charge in [-0.2, -0.15) is 0 Å². The van der Waals surface area contributed by atoms with Crippen molar-refractivity contribution < 1.29 is 5.21 Å². The van der Waals surface area contributed by atoms with Gasteiger partial charge in [-0.05, 0) is 11.6 Å². The van der Waals surface area contributed by atoms with Gasteiger partial charge in [-0.15, -0.1) is 0 Å². The second-order valence-electron chi connectivity index (χ2n) is 5.70. The van der Waals surface area contributed by atoms with E-state index in [1.165, 1.54) is 0 Å². The number of aromatic nitrogens is 3. The maximum absolute atomic E-state index is 9.49. The lowest BCUT2D eigenvalue weighted by atomic mass is 9.99. The Morgan fingerprint density at radius 2 is 1.67 bits per heavy atom. The molecule has 24 heavy (non-hydrogen) atoms. The lowest BCUT2D eigenvalue weighted by molar-refractivity contribution is 0.320. The lowest BCUT2D eigenvalue weighted by Gasteiger charge is -2.06. The molecule has 1 aliphatic rings. The molecule has 5 heteroatoms. The first kappa shape index (κ1) is 13.0. The summed E-state index contributed by atoms with van der Waals surface area (Å²) in [5.74, 6) is 0.781. The predicted molar refractivity (Wildman–Crippen MR) is 92.2 cm³/mol. The summed E-state index contributed by atoms with van der Waals surface area (Å²) in [4.78, 5) is 12.1. The first-order valence-electron chi connectivity index (χ1n) is 7.62. The number of hydrogen-bond donors (Lipinski definition) is 2. The zero-order valence-electron chi connectivity index (χ0n) is 12.6. The van der Waals surface area contributed by atoms with Gasteiger partial charge in [-0.3, -0.25) is 4.98 Å². The van der Waals surface area contributed by atoms with Crippen LogP contribution < -0.4 is 0 Å². The fraction of sp³-hybridized carbons (Fsp3) is 0. The van der Waals surface area contributed by atoms with Crippen LogP contribution in [0.5, 0.6) is 0 Å². The smallest absolute Gasteiger partial charge is 0.139 e. The number of fused-ring (bicyclic) bond motifs is 4. The zero-order valence-corrected chi connectivity index (χ0v) is 12.6. The van der Waals surface area contributed by atoms with Gasteiger partial charge in [0.15, 0.2) is 0 Å². The average molecular weight is 312 g/mol. The Labute approximate surface area is 137 Å². The van der Waals surface area contributed by atoms with Crippen LogP contribution in [0.2, 0.25) is 0 Å². The van der Waals surface area contributed by atoms with Crippen molar-refractivity contribution >= 4 is 16.7 Å². The largest absolute Gasteiger partial charge is 0.410 e. The van der Waals surface area contributed by atoms with Gasteiger partial charge in [-0.25, -0.2) is 4.98 Å². The predicted octanol–water partition coefficient (Wildman–Crippen LogP) is 3.83. The Kier molecular flexibility index (Phi) is 2.58. The van der Waals surface area contributed by atoms with Crippen LogP contribution in [0.3, 0.4) is 0 Å². The monoisotopic (exact) mass is 312 g/mol. The number of nitrogens with one attached hydrogen (secondary N) is 1. The molecule has 0 spiro atoms. The van der Waals surface area contributed by atoms with E-state index < -0.39 is 0 Å². The number of rotatable bonds is 1. The molecule has 0 atom stereocenters. The molecule has 2 N–H and O–H groups in total. The number of pyridine rings is 1. The standard InChI is InChI=1S/C19H12N4O/c24-23-18-12-5-2-1-4-11(12)17-13(18)6-3-7-14(17)19-21-15-8-9-20-10-16(15)22-19/h1-10,24H,(H,21,22)/b23-18-. The summed E-state index contributed by atoms with van der Waals surface area (Å²) in [6.45, 7) is 0. The minimum atomic E-state index is 0.597. The van der Waals surface area contributed by atoms with E-state index in [1.54, 1.807) is 12.4 Å². The molecular weight excluding hydrogens is 300 g/mol. The molecule has 4 aromatic rings. The van der Waals surface area contributed by atoms with Crippen LogP contribution in [0.4, 0.5) is 0 Å². The minimum Gasteiger partial charge on any atom is -0.410 e. The number of benzene rings is 2. The Morgan fingerprint density at radius 1 is 0.875 bits per heavy atom. The summed E-state index contributed by atoms with van der Waals surface area (Å²) in [5, 5.41) is 13.0. The fourth-order valence-electron chi connectivity index (χ4n) is 3.38. The number of imidazole rings is 1. The Morgan fingerprint density at radius 3 is 2.50 bits per heavy atom. The lowest BCUT2D eigenvalue weighted by Crippen LogP contribution is -1.97. The van der Waals surface area contributed by atoms with E-state index in [-0.39, 0.29) is 0 Å². The number of H-pyrrole nitrogens is 1. The summed E-state index contributed by atoms with van der Waals surface area (Å²) in [7, 11) is 0. The molecular formula is C19H12N4O. The summed E-state index contributed by atoms with van der Waals surface area (Å²) < 4.78 is 0. The highest BCUT2D eigenvalue weighted by atomic mass is 16.4. The maximum atomic E-state index is 9.49. The Bertz CT molecular complexity index is 1090. The molecule has 1 aliphatic carbocycles. The second-order valence-corrected chi connectivity index (χ2v) is 5.70. The van der Waals surface area contributed by atoms with Crippen LogP contribution >= 0.6 is 0 Å². The van der Waals surface area contributed by atoms with Gasteiger partial charge in [0.1, 0.15) is 11.5 Å². The number of nitrogens with zero attached hydrogens (tertiary/aromatic N) is 3. The zero-order chi connectivity index (χ0) is 16.1. The van der Waals surface area contributed by atoms with E-state index in [0.29, 0.717) is 5.71 Å². The van der Waals surface area contributed by atoms with Crippen LogP contribution in [0.1, 0.15) is 11.1 Å². The molecule has 0 saturated heterocycles. The number of oxime groups is 1. The number of aromatic amines is 1. The van der Waals surface area contributed by atoms with Crippen LogP contribution in [0, 0.1) is 0 Å². The molecule has 0 amide bonds. The first-order chi connectivity index (χ1) is 11.9. The molecule has 0 saturated carbocycles. The van der Waals surface area contributed by atoms with Gasteiger partial charge in [0.05, 0.1) is 17.2 Å². The highest BCUT2D eigenvalue weighted by Gasteiger charge is 2.28. The van der Waals surface area contributed by atoms with Gasteiger partial charge in [0, 0.05) is 28.5 Å². The minimum absolute atomic E-state index is 0.597. The highest BCUT2D eigenvalue weighted by Crippen LogP contribution is 2.42. The van der Waals surface area contributed by atoms with E-state index in [9.17, 15) is 5.21 Å². The molecule has 0 radical (unpaired) electrons. The summed E-state index contributed by atoms with van der Waals surface area (Å²) in [5.41, 5.74) is 7.28. The van der Waals surface area contributed by atoms with Crippen molar-refractivity contribution in [3.05, 3.63) is 72.1 Å². The third-order valence-corrected chi connectivity index (χ3v) is 4.41. The Hall–Kier alpha value is -3.47. The Balaban J connectivity index is 1.84. The van der Waals surface area contributed by atoms with E-state index in [1.807, 2.05) is 48.5 Å². The van der Waals surface area contributed by atoms with Gasteiger partial charge in [-0.1, -0.05) is 47.6 Å². The molecule has 5 nitrogen and oxygen atoms in total. The van der Waals surface area contributed by atoms with E-state index in [4.69, 9.17) is 0 Å². The normalized spacial score (nSPS) is 14.1. The van der Waals surface area contributed by atoms with Gasteiger partial charge in [0.25, 0.3) is 0 Å². The molecule has 0 fully saturated rings. The number of hydrogen-bond acceptors (Lipinski definition) is 4. The van der Waals surface area contributed by atoms with Gasteiger partial charge in [0.2, 0.25) is 0 Å². The van der Waals surface area contributed by atoms with Gasteiger partial charge < -0.3 is 10.2 Å².